The molecule has 1 unspecified atom stereocenters. The van der Waals surface area contributed by atoms with E-state index in [9.17, 15) is 22.8 Å². The van der Waals surface area contributed by atoms with Crippen molar-refractivity contribution in [2.24, 2.45) is 5.73 Å². The van der Waals surface area contributed by atoms with E-state index >= 15 is 0 Å². The van der Waals surface area contributed by atoms with Gasteiger partial charge in [-0.2, -0.15) is 18.3 Å². The number of benzene rings is 1. The highest BCUT2D eigenvalue weighted by atomic mass is 19.4. The molecule has 0 spiro atoms. The Morgan fingerprint density at radius 2 is 1.90 bits per heavy atom. The summed E-state index contributed by atoms with van der Waals surface area (Å²) in [6.07, 6.45) is -4.58. The fourth-order valence-electron chi connectivity index (χ4n) is 3.47. The van der Waals surface area contributed by atoms with Gasteiger partial charge in [-0.05, 0) is 44.0 Å². The second-order valence-electron chi connectivity index (χ2n) is 6.98. The molecule has 1 aromatic heterocycles. The Kier molecular flexibility index (Phi) is 5.06. The number of alkyl halides is 3. The number of carbonyl (C=O) groups excluding carboxylic acids is 2. The summed E-state index contributed by atoms with van der Waals surface area (Å²) in [6.45, 7) is 3.14. The quantitative estimate of drug-likeness (QED) is 0.820. The summed E-state index contributed by atoms with van der Waals surface area (Å²) in [7, 11) is 1.46. The topological polar surface area (TPSA) is 90.5 Å². The van der Waals surface area contributed by atoms with Crippen LogP contribution < -0.4 is 10.5 Å². The summed E-state index contributed by atoms with van der Waals surface area (Å²) in [4.78, 5) is 26.5. The van der Waals surface area contributed by atoms with Crippen LogP contribution in [0.25, 0.3) is 5.69 Å². The molecule has 29 heavy (non-hydrogen) atoms. The third-order valence-electron chi connectivity index (χ3n) is 5.42. The van der Waals surface area contributed by atoms with Gasteiger partial charge in [0.05, 0.1) is 12.8 Å². The molecule has 156 valence electrons. The fraction of sp³-hybridized carbons (Fsp3) is 0.421. The maximum atomic E-state index is 13.6. The van der Waals surface area contributed by atoms with Gasteiger partial charge in [0, 0.05) is 12.1 Å². The number of carbonyl (C=O) groups is 2. The number of nitrogens with two attached hydrogens (primary N) is 1. The number of hydrogen-bond donors (Lipinski definition) is 1. The highest BCUT2D eigenvalue weighted by molar-refractivity contribution is 6.00. The minimum absolute atomic E-state index is 0.0590. The molecular weight excluding hydrogens is 389 g/mol. The number of halogens is 3. The van der Waals surface area contributed by atoms with Crippen LogP contribution in [0.1, 0.15) is 42.0 Å². The highest BCUT2D eigenvalue weighted by Gasteiger charge is 2.47. The summed E-state index contributed by atoms with van der Waals surface area (Å²) in [5.41, 5.74) is 2.95. The van der Waals surface area contributed by atoms with E-state index in [1.54, 1.807) is 19.1 Å². The monoisotopic (exact) mass is 410 g/mol. The Morgan fingerprint density at radius 1 is 1.28 bits per heavy atom. The third-order valence-corrected chi connectivity index (χ3v) is 5.42. The average Bonchev–Trinajstić information content (AvgIpc) is 3.08. The minimum Gasteiger partial charge on any atom is -0.497 e. The molecule has 0 fully saturated rings. The molecule has 2 aromatic rings. The second kappa shape index (κ2) is 7.09. The Bertz CT molecular complexity index is 953. The van der Waals surface area contributed by atoms with Crippen molar-refractivity contribution in [2.75, 3.05) is 13.7 Å². The van der Waals surface area contributed by atoms with Gasteiger partial charge in [-0.15, -0.1) is 0 Å². The molecule has 0 saturated heterocycles. The Hall–Kier alpha value is -3.04. The van der Waals surface area contributed by atoms with E-state index in [1.165, 1.54) is 31.1 Å². The molecule has 1 aliphatic rings. The Morgan fingerprint density at radius 3 is 2.38 bits per heavy atom. The Labute approximate surface area is 165 Å². The first-order chi connectivity index (χ1) is 13.5. The predicted octanol–water partition coefficient (Wildman–Crippen LogP) is 2.55. The molecule has 10 heteroatoms. The fourth-order valence-corrected chi connectivity index (χ4v) is 3.47. The zero-order valence-corrected chi connectivity index (χ0v) is 16.2. The molecule has 0 saturated carbocycles. The van der Waals surface area contributed by atoms with Gasteiger partial charge in [-0.3, -0.25) is 9.59 Å². The van der Waals surface area contributed by atoms with Crippen LogP contribution in [0.4, 0.5) is 13.2 Å². The number of amides is 2. The van der Waals surface area contributed by atoms with Crippen molar-refractivity contribution in [2.45, 2.75) is 38.4 Å². The molecule has 1 aromatic carbocycles. The van der Waals surface area contributed by atoms with Gasteiger partial charge in [0.25, 0.3) is 5.91 Å². The van der Waals surface area contributed by atoms with E-state index in [4.69, 9.17) is 10.5 Å². The van der Waals surface area contributed by atoms with E-state index in [0.717, 1.165) is 4.68 Å². The average molecular weight is 410 g/mol. The van der Waals surface area contributed by atoms with Crippen LogP contribution >= 0.6 is 0 Å². The van der Waals surface area contributed by atoms with Gasteiger partial charge in [-0.25, -0.2) is 4.68 Å². The first kappa shape index (κ1) is 20.7. The first-order valence-corrected chi connectivity index (χ1v) is 9.00. The van der Waals surface area contributed by atoms with Crippen LogP contribution in [0, 0.1) is 0 Å². The SMILES string of the molecule is CCC(C)(C(N)=O)N1CCc2c(C(F)(F)F)nn(-c3ccc(OC)cc3)c2C1=O. The largest absolute Gasteiger partial charge is 0.497 e. The van der Waals surface area contributed by atoms with E-state index < -0.39 is 29.2 Å². The lowest BCUT2D eigenvalue weighted by atomic mass is 9.91. The highest BCUT2D eigenvalue weighted by Crippen LogP contribution is 2.38. The van der Waals surface area contributed by atoms with Gasteiger partial charge in [0.2, 0.25) is 5.91 Å². The number of fused-ring (bicyclic) bond motifs is 1. The molecule has 2 heterocycles. The molecule has 3 rings (SSSR count). The number of aromatic nitrogens is 2. The standard InChI is InChI=1S/C19H21F3N4O3/c1-4-18(2,17(23)28)25-10-9-13-14(16(25)27)26(24-15(13)19(20,21)22)11-5-7-12(29-3)8-6-11/h5-8H,4,9-10H2,1-3H3,(H2,23,28). The van der Waals surface area contributed by atoms with Crippen LogP contribution in [0.15, 0.2) is 24.3 Å². The van der Waals surface area contributed by atoms with Gasteiger partial charge in [-0.1, -0.05) is 6.92 Å². The Balaban J connectivity index is 2.19. The molecule has 0 bridgehead atoms. The van der Waals surface area contributed by atoms with Crippen molar-refractivity contribution in [3.63, 3.8) is 0 Å². The summed E-state index contributed by atoms with van der Waals surface area (Å²) in [6, 6.07) is 6.12. The molecule has 2 amide bonds. The predicted molar refractivity (Wildman–Crippen MR) is 97.7 cm³/mol. The molecular formula is C19H21F3N4O3. The van der Waals surface area contributed by atoms with Crippen LogP contribution in [-0.4, -0.2) is 45.7 Å². The van der Waals surface area contributed by atoms with E-state index in [2.05, 4.69) is 5.10 Å². The van der Waals surface area contributed by atoms with E-state index in [0.29, 0.717) is 5.75 Å². The lowest BCUT2D eigenvalue weighted by Crippen LogP contribution is -2.59. The number of methoxy groups -OCH3 is 1. The van der Waals surface area contributed by atoms with Crippen molar-refractivity contribution < 1.29 is 27.5 Å². The molecule has 1 atom stereocenters. The van der Waals surface area contributed by atoms with Crippen LogP contribution in [0.3, 0.4) is 0 Å². The van der Waals surface area contributed by atoms with Crippen LogP contribution in [-0.2, 0) is 17.4 Å². The summed E-state index contributed by atoms with van der Waals surface area (Å²) >= 11 is 0. The maximum Gasteiger partial charge on any atom is 0.435 e. The summed E-state index contributed by atoms with van der Waals surface area (Å²) in [5, 5.41) is 3.71. The zero-order valence-electron chi connectivity index (χ0n) is 16.2. The lowest BCUT2D eigenvalue weighted by Gasteiger charge is -2.40. The van der Waals surface area contributed by atoms with Crippen molar-refractivity contribution in [1.29, 1.82) is 0 Å². The lowest BCUT2D eigenvalue weighted by molar-refractivity contribution is -0.142. The number of nitrogens with zero attached hydrogens (tertiary/aromatic N) is 3. The smallest absolute Gasteiger partial charge is 0.435 e. The van der Waals surface area contributed by atoms with Crippen molar-refractivity contribution in [3.05, 3.63) is 41.2 Å². The van der Waals surface area contributed by atoms with E-state index in [1.807, 2.05) is 0 Å². The molecule has 0 aliphatic carbocycles. The zero-order chi connectivity index (χ0) is 21.6. The molecule has 0 radical (unpaired) electrons. The van der Waals surface area contributed by atoms with Gasteiger partial charge in [0.15, 0.2) is 5.69 Å². The van der Waals surface area contributed by atoms with Gasteiger partial charge >= 0.3 is 6.18 Å². The number of primary amides is 1. The maximum absolute atomic E-state index is 13.6. The number of rotatable bonds is 5. The molecule has 1 aliphatic heterocycles. The minimum atomic E-state index is -4.72. The van der Waals surface area contributed by atoms with Crippen LogP contribution in [0.5, 0.6) is 5.75 Å². The van der Waals surface area contributed by atoms with Crippen LogP contribution in [0.2, 0.25) is 0 Å². The third kappa shape index (κ3) is 3.32. The van der Waals surface area contributed by atoms with Gasteiger partial charge < -0.3 is 15.4 Å². The summed E-state index contributed by atoms with van der Waals surface area (Å²) in [5.74, 6) is -0.928. The first-order valence-electron chi connectivity index (χ1n) is 9.00. The van der Waals surface area contributed by atoms with Crippen molar-refractivity contribution in [3.8, 4) is 11.4 Å². The second-order valence-corrected chi connectivity index (χ2v) is 6.98. The van der Waals surface area contributed by atoms with Crippen molar-refractivity contribution >= 4 is 11.8 Å². The molecule has 2 N–H and O–H groups in total. The van der Waals surface area contributed by atoms with Gasteiger partial charge in [0.1, 0.15) is 17.0 Å². The summed E-state index contributed by atoms with van der Waals surface area (Å²) < 4.78 is 46.8. The number of ether oxygens (including phenoxy) is 1. The van der Waals surface area contributed by atoms with Crippen molar-refractivity contribution in [1.82, 2.24) is 14.7 Å². The number of hydrogen-bond acceptors (Lipinski definition) is 4. The van der Waals surface area contributed by atoms with E-state index in [-0.39, 0.29) is 36.3 Å². The normalized spacial score (nSPS) is 16.3. The molecule has 7 nitrogen and oxygen atoms in total.